The summed E-state index contributed by atoms with van der Waals surface area (Å²) in [6, 6.07) is 7.09. The number of carbonyl (C=O) groups is 1. The fourth-order valence-corrected chi connectivity index (χ4v) is 3.57. The summed E-state index contributed by atoms with van der Waals surface area (Å²) < 4.78 is 42.3. The fourth-order valence-electron chi connectivity index (χ4n) is 3.57. The summed E-state index contributed by atoms with van der Waals surface area (Å²) in [6.45, 7) is 2.99. The van der Waals surface area contributed by atoms with Crippen LogP contribution < -0.4 is 10.2 Å². The SMILES string of the molecule is CC1(CC(=O)Nc2c(F)cc(N3CCc4cc(F)ccc4C3)cc2F)CC1. The second-order valence-electron chi connectivity index (χ2n) is 7.90. The van der Waals surface area contributed by atoms with Crippen molar-refractivity contribution in [1.29, 1.82) is 0 Å². The lowest BCUT2D eigenvalue weighted by Crippen LogP contribution is -2.30. The maximum Gasteiger partial charge on any atom is 0.225 e. The number of fused-ring (bicyclic) bond motifs is 1. The third-order valence-corrected chi connectivity index (χ3v) is 5.53. The summed E-state index contributed by atoms with van der Waals surface area (Å²) in [5.41, 5.74) is 1.85. The first-order valence-corrected chi connectivity index (χ1v) is 9.14. The lowest BCUT2D eigenvalue weighted by Gasteiger charge is -2.31. The van der Waals surface area contributed by atoms with Gasteiger partial charge in [-0.05, 0) is 60.1 Å². The normalized spacial score (nSPS) is 17.4. The fraction of sp³-hybridized carbons (Fsp3) is 0.381. The van der Waals surface area contributed by atoms with E-state index in [1.807, 2.05) is 11.8 Å². The number of anilines is 2. The zero-order valence-corrected chi connectivity index (χ0v) is 15.1. The van der Waals surface area contributed by atoms with Crippen molar-refractivity contribution in [3.63, 3.8) is 0 Å². The van der Waals surface area contributed by atoms with Gasteiger partial charge in [0.25, 0.3) is 0 Å². The van der Waals surface area contributed by atoms with E-state index < -0.39 is 17.3 Å². The average molecular weight is 374 g/mol. The topological polar surface area (TPSA) is 32.3 Å². The number of benzene rings is 2. The number of carbonyl (C=O) groups excluding carboxylic acids is 1. The monoisotopic (exact) mass is 374 g/mol. The molecule has 0 radical (unpaired) electrons. The molecule has 0 spiro atoms. The number of amides is 1. The van der Waals surface area contributed by atoms with Crippen LogP contribution in [0.1, 0.15) is 37.3 Å². The van der Waals surface area contributed by atoms with Gasteiger partial charge >= 0.3 is 0 Å². The van der Waals surface area contributed by atoms with Gasteiger partial charge in [0.05, 0.1) is 0 Å². The Bertz CT molecular complexity index is 885. The highest BCUT2D eigenvalue weighted by Gasteiger charge is 2.39. The van der Waals surface area contributed by atoms with Crippen LogP contribution in [0.25, 0.3) is 0 Å². The molecule has 1 N–H and O–H groups in total. The third-order valence-electron chi connectivity index (χ3n) is 5.53. The molecule has 2 aromatic rings. The minimum absolute atomic E-state index is 0.0301. The predicted molar refractivity (Wildman–Crippen MR) is 98.1 cm³/mol. The first-order valence-electron chi connectivity index (χ1n) is 9.14. The van der Waals surface area contributed by atoms with Crippen molar-refractivity contribution in [2.24, 2.45) is 5.41 Å². The molecule has 27 heavy (non-hydrogen) atoms. The average Bonchev–Trinajstić information content (AvgIpc) is 3.34. The van der Waals surface area contributed by atoms with Crippen molar-refractivity contribution in [3.8, 4) is 0 Å². The van der Waals surface area contributed by atoms with Gasteiger partial charge in [-0.2, -0.15) is 0 Å². The number of hydrogen-bond acceptors (Lipinski definition) is 2. The number of halogens is 3. The van der Waals surface area contributed by atoms with E-state index >= 15 is 0 Å². The zero-order chi connectivity index (χ0) is 19.2. The molecule has 0 atom stereocenters. The molecule has 0 aromatic heterocycles. The Morgan fingerprint density at radius 3 is 2.48 bits per heavy atom. The maximum absolute atomic E-state index is 14.5. The van der Waals surface area contributed by atoms with E-state index in [0.29, 0.717) is 25.2 Å². The highest BCUT2D eigenvalue weighted by molar-refractivity contribution is 5.91. The summed E-state index contributed by atoms with van der Waals surface area (Å²) in [4.78, 5) is 13.9. The molecule has 2 aliphatic rings. The van der Waals surface area contributed by atoms with Gasteiger partial charge < -0.3 is 10.2 Å². The van der Waals surface area contributed by atoms with E-state index in [2.05, 4.69) is 5.32 Å². The molecule has 1 saturated carbocycles. The molecule has 1 heterocycles. The maximum atomic E-state index is 14.5. The molecule has 2 aromatic carbocycles. The molecular weight excluding hydrogens is 353 g/mol. The molecule has 0 unspecified atom stereocenters. The molecule has 1 aliphatic carbocycles. The van der Waals surface area contributed by atoms with E-state index in [9.17, 15) is 18.0 Å². The smallest absolute Gasteiger partial charge is 0.225 e. The lowest BCUT2D eigenvalue weighted by molar-refractivity contribution is -0.117. The Balaban J connectivity index is 1.51. The molecule has 0 bridgehead atoms. The Hall–Kier alpha value is -2.50. The summed E-state index contributed by atoms with van der Waals surface area (Å²) in [5, 5.41) is 2.38. The highest BCUT2D eigenvalue weighted by Crippen LogP contribution is 2.48. The summed E-state index contributed by atoms with van der Waals surface area (Å²) in [5.74, 6) is -2.22. The van der Waals surface area contributed by atoms with Crippen molar-refractivity contribution >= 4 is 17.3 Å². The van der Waals surface area contributed by atoms with Crippen LogP contribution >= 0.6 is 0 Å². The van der Waals surface area contributed by atoms with E-state index in [0.717, 1.165) is 24.0 Å². The molecule has 142 valence electrons. The van der Waals surface area contributed by atoms with Crippen LogP contribution in [-0.2, 0) is 17.8 Å². The van der Waals surface area contributed by atoms with Gasteiger partial charge in [0.1, 0.15) is 11.5 Å². The second kappa shape index (κ2) is 6.59. The molecule has 4 rings (SSSR count). The van der Waals surface area contributed by atoms with Crippen LogP contribution in [0.5, 0.6) is 0 Å². The van der Waals surface area contributed by atoms with Crippen molar-refractivity contribution < 1.29 is 18.0 Å². The number of rotatable bonds is 4. The third kappa shape index (κ3) is 3.80. The highest BCUT2D eigenvalue weighted by atomic mass is 19.1. The molecular formula is C21H21F3N2O. The van der Waals surface area contributed by atoms with Crippen LogP contribution in [0.2, 0.25) is 0 Å². The van der Waals surface area contributed by atoms with Gasteiger partial charge in [-0.1, -0.05) is 13.0 Å². The molecule has 1 fully saturated rings. The van der Waals surface area contributed by atoms with Crippen LogP contribution in [0.15, 0.2) is 30.3 Å². The number of hydrogen-bond donors (Lipinski definition) is 1. The first-order chi connectivity index (χ1) is 12.8. The molecule has 0 saturated heterocycles. The molecule has 6 heteroatoms. The van der Waals surface area contributed by atoms with Gasteiger partial charge in [0, 0.05) is 25.2 Å². The van der Waals surface area contributed by atoms with Gasteiger partial charge in [0.15, 0.2) is 11.6 Å². The van der Waals surface area contributed by atoms with E-state index in [1.165, 1.54) is 24.3 Å². The zero-order valence-electron chi connectivity index (χ0n) is 15.1. The predicted octanol–water partition coefficient (Wildman–Crippen LogP) is 4.80. The minimum Gasteiger partial charge on any atom is -0.367 e. The number of nitrogens with one attached hydrogen (secondary N) is 1. The Morgan fingerprint density at radius 1 is 1.11 bits per heavy atom. The van der Waals surface area contributed by atoms with Crippen LogP contribution in [0.4, 0.5) is 24.5 Å². The molecule has 3 nitrogen and oxygen atoms in total. The van der Waals surface area contributed by atoms with Gasteiger partial charge in [-0.3, -0.25) is 4.79 Å². The second-order valence-corrected chi connectivity index (χ2v) is 7.90. The Morgan fingerprint density at radius 2 is 1.81 bits per heavy atom. The van der Waals surface area contributed by atoms with Crippen molar-refractivity contribution in [2.45, 2.75) is 39.2 Å². The summed E-state index contributed by atoms with van der Waals surface area (Å²) in [7, 11) is 0. The van der Waals surface area contributed by atoms with E-state index in [1.54, 1.807) is 6.07 Å². The van der Waals surface area contributed by atoms with Gasteiger partial charge in [0.2, 0.25) is 5.91 Å². The van der Waals surface area contributed by atoms with Crippen LogP contribution in [0, 0.1) is 22.9 Å². The van der Waals surface area contributed by atoms with Crippen LogP contribution in [-0.4, -0.2) is 12.5 Å². The van der Waals surface area contributed by atoms with Gasteiger partial charge in [-0.25, -0.2) is 13.2 Å². The molecule has 1 aliphatic heterocycles. The standard InChI is InChI=1S/C21H21F3N2O/c1-21(5-6-21)11-19(27)25-20-17(23)9-16(10-18(20)24)26-7-4-13-8-15(22)3-2-14(13)12-26/h2-3,8-10H,4-7,11-12H2,1H3,(H,25,27). The molecule has 1 amide bonds. The van der Waals surface area contributed by atoms with Crippen molar-refractivity contribution in [1.82, 2.24) is 0 Å². The van der Waals surface area contributed by atoms with E-state index in [-0.39, 0.29) is 23.6 Å². The Kier molecular flexibility index (Phi) is 4.36. The first kappa shape index (κ1) is 17.9. The van der Waals surface area contributed by atoms with Crippen molar-refractivity contribution in [3.05, 3.63) is 58.9 Å². The minimum atomic E-state index is -0.788. The van der Waals surface area contributed by atoms with Crippen LogP contribution in [0.3, 0.4) is 0 Å². The number of nitrogens with zero attached hydrogens (tertiary/aromatic N) is 1. The quantitative estimate of drug-likeness (QED) is 0.834. The Labute approximate surface area is 156 Å². The van der Waals surface area contributed by atoms with E-state index in [4.69, 9.17) is 0 Å². The summed E-state index contributed by atoms with van der Waals surface area (Å²) >= 11 is 0. The van der Waals surface area contributed by atoms with Crippen molar-refractivity contribution in [2.75, 3.05) is 16.8 Å². The largest absolute Gasteiger partial charge is 0.367 e. The summed E-state index contributed by atoms with van der Waals surface area (Å²) in [6.07, 6.45) is 2.80. The van der Waals surface area contributed by atoms with Gasteiger partial charge in [-0.15, -0.1) is 0 Å². The lowest BCUT2D eigenvalue weighted by atomic mass is 9.99.